The number of carbonyl (C=O) groups excluding carboxylic acids is 1. The van der Waals surface area contributed by atoms with Crippen LogP contribution < -0.4 is 0 Å². The maximum atomic E-state index is 11.6. The van der Waals surface area contributed by atoms with E-state index in [2.05, 4.69) is 0 Å². The van der Waals surface area contributed by atoms with E-state index >= 15 is 0 Å². The van der Waals surface area contributed by atoms with Gasteiger partial charge in [-0.25, -0.2) is 0 Å². The van der Waals surface area contributed by atoms with Gasteiger partial charge >= 0.3 is 14.8 Å². The normalized spacial score (nSPS) is 12.6. The first-order chi connectivity index (χ1) is 8.34. The average molecular weight is 278 g/mol. The Hall–Kier alpha value is -0.433. The fourth-order valence-electron chi connectivity index (χ4n) is 1.44. The van der Waals surface area contributed by atoms with Crippen LogP contribution in [0.15, 0.2) is 0 Å². The predicted molar refractivity (Wildman–Crippen MR) is 71.3 cm³/mol. The van der Waals surface area contributed by atoms with Crippen molar-refractivity contribution < 1.29 is 22.8 Å². The molecule has 0 saturated heterocycles. The summed E-state index contributed by atoms with van der Waals surface area (Å²) >= 11 is 0. The summed E-state index contributed by atoms with van der Waals surface area (Å²) in [6.45, 7) is 5.80. The standard InChI is InChI=1S/C12H26O5Si/c1-7-12(2,3)17-11(13)9-8-10-18(14-4,15-5)16-6/h7-10H2,1-6H3. The van der Waals surface area contributed by atoms with Crippen molar-refractivity contribution >= 4 is 14.8 Å². The molecule has 0 aliphatic rings. The van der Waals surface area contributed by atoms with E-state index in [-0.39, 0.29) is 5.97 Å². The third kappa shape index (κ3) is 5.95. The minimum atomic E-state index is -2.56. The Morgan fingerprint density at radius 3 is 2.00 bits per heavy atom. The molecule has 0 amide bonds. The van der Waals surface area contributed by atoms with Gasteiger partial charge in [0.1, 0.15) is 5.60 Å². The highest BCUT2D eigenvalue weighted by Crippen LogP contribution is 2.19. The average Bonchev–Trinajstić information content (AvgIpc) is 2.35. The van der Waals surface area contributed by atoms with Crippen LogP contribution in [0, 0.1) is 0 Å². The van der Waals surface area contributed by atoms with Crippen LogP contribution in [0.2, 0.25) is 6.04 Å². The summed E-state index contributed by atoms with van der Waals surface area (Å²) in [4.78, 5) is 11.6. The highest BCUT2D eigenvalue weighted by Gasteiger charge is 2.37. The minimum absolute atomic E-state index is 0.187. The number of hydrogen-bond donors (Lipinski definition) is 0. The number of ether oxygens (including phenoxy) is 1. The van der Waals surface area contributed by atoms with E-state index in [9.17, 15) is 4.79 Å². The quantitative estimate of drug-likeness (QED) is 0.479. The minimum Gasteiger partial charge on any atom is -0.460 e. The molecule has 0 saturated carbocycles. The summed E-state index contributed by atoms with van der Waals surface area (Å²) in [5.41, 5.74) is -0.393. The van der Waals surface area contributed by atoms with Gasteiger partial charge in [0, 0.05) is 33.8 Å². The highest BCUT2D eigenvalue weighted by atomic mass is 28.4. The summed E-state index contributed by atoms with van der Waals surface area (Å²) in [6.07, 6.45) is 1.79. The van der Waals surface area contributed by atoms with Gasteiger partial charge in [-0.15, -0.1) is 0 Å². The lowest BCUT2D eigenvalue weighted by molar-refractivity contribution is -0.156. The van der Waals surface area contributed by atoms with E-state index in [4.69, 9.17) is 18.0 Å². The molecular weight excluding hydrogens is 252 g/mol. The van der Waals surface area contributed by atoms with Crippen LogP contribution in [-0.2, 0) is 22.8 Å². The van der Waals surface area contributed by atoms with Gasteiger partial charge in [-0.1, -0.05) is 6.92 Å². The molecule has 0 fully saturated rings. The molecule has 0 heterocycles. The molecule has 0 aromatic rings. The summed E-state index contributed by atoms with van der Waals surface area (Å²) in [5.74, 6) is -0.187. The molecule has 0 bridgehead atoms. The number of rotatable bonds is 9. The van der Waals surface area contributed by atoms with Crippen LogP contribution in [0.1, 0.15) is 40.0 Å². The van der Waals surface area contributed by atoms with Gasteiger partial charge in [-0.05, 0) is 26.7 Å². The maximum absolute atomic E-state index is 11.6. The van der Waals surface area contributed by atoms with E-state index in [0.29, 0.717) is 18.9 Å². The smallest absolute Gasteiger partial charge is 0.460 e. The van der Waals surface area contributed by atoms with Crippen molar-refractivity contribution in [1.82, 2.24) is 0 Å². The molecule has 0 aromatic carbocycles. The highest BCUT2D eigenvalue weighted by molar-refractivity contribution is 6.60. The molecule has 0 aliphatic heterocycles. The van der Waals surface area contributed by atoms with Gasteiger partial charge in [0.15, 0.2) is 0 Å². The van der Waals surface area contributed by atoms with Crippen LogP contribution in [0.3, 0.4) is 0 Å². The first-order valence-electron chi connectivity index (χ1n) is 6.22. The first-order valence-corrected chi connectivity index (χ1v) is 8.15. The van der Waals surface area contributed by atoms with Crippen LogP contribution in [0.25, 0.3) is 0 Å². The van der Waals surface area contributed by atoms with E-state index < -0.39 is 14.4 Å². The van der Waals surface area contributed by atoms with Gasteiger partial charge in [-0.3, -0.25) is 4.79 Å². The van der Waals surface area contributed by atoms with Gasteiger partial charge in [0.05, 0.1) is 0 Å². The van der Waals surface area contributed by atoms with Crippen LogP contribution in [0.5, 0.6) is 0 Å². The molecule has 0 spiro atoms. The summed E-state index contributed by atoms with van der Waals surface area (Å²) in [7, 11) is 2.14. The zero-order valence-corrected chi connectivity index (χ0v) is 13.4. The molecule has 6 heteroatoms. The van der Waals surface area contributed by atoms with Crippen molar-refractivity contribution in [1.29, 1.82) is 0 Å². The second-order valence-corrected chi connectivity index (χ2v) is 7.83. The van der Waals surface area contributed by atoms with Crippen molar-refractivity contribution in [3.8, 4) is 0 Å². The van der Waals surface area contributed by atoms with E-state index in [1.165, 1.54) is 0 Å². The molecular formula is C12H26O5Si. The van der Waals surface area contributed by atoms with Crippen molar-refractivity contribution in [3.63, 3.8) is 0 Å². The molecule has 0 rings (SSSR count). The predicted octanol–water partition coefficient (Wildman–Crippen LogP) is 2.38. The van der Waals surface area contributed by atoms with Gasteiger partial charge in [0.2, 0.25) is 0 Å². The Labute approximate surface area is 111 Å². The summed E-state index contributed by atoms with van der Waals surface area (Å²) in [6, 6.07) is 0.609. The summed E-state index contributed by atoms with van der Waals surface area (Å²) < 4.78 is 21.2. The monoisotopic (exact) mass is 278 g/mol. The molecule has 0 unspecified atom stereocenters. The lowest BCUT2D eigenvalue weighted by Crippen LogP contribution is -2.42. The molecule has 108 valence electrons. The van der Waals surface area contributed by atoms with Crippen LogP contribution >= 0.6 is 0 Å². The van der Waals surface area contributed by atoms with E-state index in [1.807, 2.05) is 20.8 Å². The molecule has 0 N–H and O–H groups in total. The molecule has 5 nitrogen and oxygen atoms in total. The zero-order chi connectivity index (χ0) is 14.2. The van der Waals surface area contributed by atoms with Crippen molar-refractivity contribution in [2.75, 3.05) is 21.3 Å². The molecule has 0 aromatic heterocycles. The Kier molecular flexibility index (Phi) is 7.69. The third-order valence-electron chi connectivity index (χ3n) is 3.04. The number of hydrogen-bond acceptors (Lipinski definition) is 5. The van der Waals surface area contributed by atoms with Crippen LogP contribution in [-0.4, -0.2) is 41.7 Å². The first kappa shape index (κ1) is 17.6. The van der Waals surface area contributed by atoms with Crippen molar-refractivity contribution in [2.45, 2.75) is 51.7 Å². The SMILES string of the molecule is CCC(C)(C)OC(=O)CCC[Si](OC)(OC)OC. The third-order valence-corrected chi connectivity index (χ3v) is 5.87. The Morgan fingerprint density at radius 1 is 1.11 bits per heavy atom. The number of carbonyl (C=O) groups is 1. The Balaban J connectivity index is 4.08. The van der Waals surface area contributed by atoms with E-state index in [0.717, 1.165) is 6.42 Å². The summed E-state index contributed by atoms with van der Waals surface area (Å²) in [5, 5.41) is 0. The lowest BCUT2D eigenvalue weighted by atomic mass is 10.1. The zero-order valence-electron chi connectivity index (χ0n) is 12.4. The maximum Gasteiger partial charge on any atom is 0.500 e. The fourth-order valence-corrected chi connectivity index (χ4v) is 3.16. The number of esters is 1. The molecule has 0 radical (unpaired) electrons. The molecule has 18 heavy (non-hydrogen) atoms. The topological polar surface area (TPSA) is 54.0 Å². The largest absolute Gasteiger partial charge is 0.500 e. The second kappa shape index (κ2) is 7.88. The Bertz CT molecular complexity index is 243. The Morgan fingerprint density at radius 2 is 1.61 bits per heavy atom. The van der Waals surface area contributed by atoms with Gasteiger partial charge in [0.25, 0.3) is 0 Å². The van der Waals surface area contributed by atoms with Gasteiger partial charge in [-0.2, -0.15) is 0 Å². The molecule has 0 aliphatic carbocycles. The van der Waals surface area contributed by atoms with Crippen LogP contribution in [0.4, 0.5) is 0 Å². The van der Waals surface area contributed by atoms with Gasteiger partial charge < -0.3 is 18.0 Å². The molecule has 0 atom stereocenters. The van der Waals surface area contributed by atoms with Crippen molar-refractivity contribution in [2.24, 2.45) is 0 Å². The van der Waals surface area contributed by atoms with E-state index in [1.54, 1.807) is 21.3 Å². The lowest BCUT2D eigenvalue weighted by Gasteiger charge is -2.25. The fraction of sp³-hybridized carbons (Fsp3) is 0.917. The van der Waals surface area contributed by atoms with Crippen molar-refractivity contribution in [3.05, 3.63) is 0 Å². The second-order valence-electron chi connectivity index (χ2n) is 4.74.